The molecule has 0 atom stereocenters. The second kappa shape index (κ2) is 16.8. The zero-order valence-corrected chi connectivity index (χ0v) is 31.5. The van der Waals surface area contributed by atoms with Crippen molar-refractivity contribution < 1.29 is 0 Å². The minimum absolute atomic E-state index is 0.782. The minimum Gasteiger partial charge on any atom is -0.387 e. The molecule has 6 aromatic carbocycles. The number of nitrogens with zero attached hydrogens (tertiary/aromatic N) is 2. The van der Waals surface area contributed by atoms with Crippen LogP contribution in [0, 0.1) is 0 Å². The molecule has 0 saturated heterocycles. The lowest BCUT2D eigenvalue weighted by Crippen LogP contribution is -2.08. The molecule has 0 bridgehead atoms. The number of allylic oxidation sites excluding steroid dienone is 10. The lowest BCUT2D eigenvalue weighted by Gasteiger charge is -2.15. The summed E-state index contributed by atoms with van der Waals surface area (Å²) >= 11 is 0. The molecule has 8 rings (SSSR count). The Hall–Kier alpha value is -7.23. The predicted octanol–water partition coefficient (Wildman–Crippen LogP) is 13.3. The summed E-state index contributed by atoms with van der Waals surface area (Å²) in [6.07, 6.45) is 22.0. The van der Waals surface area contributed by atoms with Gasteiger partial charge >= 0.3 is 0 Å². The normalized spacial score (nSPS) is 13.6. The van der Waals surface area contributed by atoms with Crippen LogP contribution in [-0.4, -0.2) is 16.8 Å². The Labute approximate surface area is 329 Å². The zero-order valence-electron chi connectivity index (χ0n) is 31.5. The van der Waals surface area contributed by atoms with E-state index in [1.807, 2.05) is 42.8 Å². The summed E-state index contributed by atoms with van der Waals surface area (Å²) in [6, 6.07) is 52.3. The topological polar surface area (TPSA) is 29.3 Å². The van der Waals surface area contributed by atoms with Crippen LogP contribution in [0.4, 0.5) is 0 Å². The number of aliphatic imine (C=N–C) groups is 1. The molecular weight excluding hydrogens is 679 g/mol. The molecule has 0 aliphatic carbocycles. The third kappa shape index (κ3) is 7.84. The second-order valence-corrected chi connectivity index (χ2v) is 13.8. The number of benzene rings is 6. The Bertz CT molecular complexity index is 2730. The van der Waals surface area contributed by atoms with E-state index in [9.17, 15) is 0 Å². The van der Waals surface area contributed by atoms with Gasteiger partial charge in [-0.15, -0.1) is 0 Å². The van der Waals surface area contributed by atoms with Crippen molar-refractivity contribution in [1.29, 1.82) is 0 Å². The summed E-state index contributed by atoms with van der Waals surface area (Å²) in [4.78, 5) is 5.10. The molecule has 3 heteroatoms. The maximum atomic E-state index is 5.10. The number of nitrogens with one attached hydrogen (secondary N) is 1. The summed E-state index contributed by atoms with van der Waals surface area (Å²) in [5.41, 5.74) is 14.7. The van der Waals surface area contributed by atoms with Crippen LogP contribution in [0.5, 0.6) is 0 Å². The van der Waals surface area contributed by atoms with Gasteiger partial charge in [0.2, 0.25) is 0 Å². The maximum Gasteiger partial charge on any atom is 0.0705 e. The summed E-state index contributed by atoms with van der Waals surface area (Å²) < 4.78 is 2.36. The van der Waals surface area contributed by atoms with Crippen molar-refractivity contribution in [1.82, 2.24) is 9.88 Å². The van der Waals surface area contributed by atoms with Gasteiger partial charge in [0.1, 0.15) is 0 Å². The van der Waals surface area contributed by atoms with Gasteiger partial charge in [-0.2, -0.15) is 0 Å². The number of dihydropyridines is 1. The lowest BCUT2D eigenvalue weighted by molar-refractivity contribution is 0.976. The average Bonchev–Trinajstić information content (AvgIpc) is 3.60. The minimum atomic E-state index is 0.782. The third-order valence-corrected chi connectivity index (χ3v) is 10.1. The fraction of sp³-hybridized carbons (Fsp3) is 0.0377. The largest absolute Gasteiger partial charge is 0.387 e. The van der Waals surface area contributed by atoms with Crippen molar-refractivity contribution in [3.8, 4) is 27.9 Å². The van der Waals surface area contributed by atoms with Crippen LogP contribution in [0.2, 0.25) is 0 Å². The molecule has 0 saturated carbocycles. The molecule has 7 aromatic rings. The SMILES string of the molecule is C=C/C=C/C=C\C=C/N=C(\C=C(/C)c1ccc(-c2ccccc2)cc1)c1cc(C2=CCNC=C2)cc(-c2ccc3c(c2)c2ccccc2n3-c2ccccc2)c1. The maximum absolute atomic E-state index is 5.10. The van der Waals surface area contributed by atoms with Gasteiger partial charge in [0, 0.05) is 34.8 Å². The number of fused-ring (bicyclic) bond motifs is 3. The predicted molar refractivity (Wildman–Crippen MR) is 241 cm³/mol. The van der Waals surface area contributed by atoms with Crippen molar-refractivity contribution in [2.24, 2.45) is 4.99 Å². The van der Waals surface area contributed by atoms with Gasteiger partial charge in [0.05, 0.1) is 16.7 Å². The van der Waals surface area contributed by atoms with Gasteiger partial charge in [0.25, 0.3) is 0 Å². The monoisotopic (exact) mass is 721 g/mol. The molecule has 56 heavy (non-hydrogen) atoms. The van der Waals surface area contributed by atoms with Gasteiger partial charge in [0.15, 0.2) is 0 Å². The van der Waals surface area contributed by atoms with Gasteiger partial charge in [-0.05, 0) is 124 Å². The lowest BCUT2D eigenvalue weighted by atomic mass is 9.92. The molecule has 0 fully saturated rings. The third-order valence-electron chi connectivity index (χ3n) is 10.1. The van der Waals surface area contributed by atoms with Gasteiger partial charge in [-0.3, -0.25) is 4.99 Å². The van der Waals surface area contributed by atoms with Crippen LogP contribution in [-0.2, 0) is 0 Å². The first-order valence-corrected chi connectivity index (χ1v) is 19.0. The van der Waals surface area contributed by atoms with E-state index in [0.717, 1.165) is 51.3 Å². The number of hydrogen-bond acceptors (Lipinski definition) is 2. The Morgan fingerprint density at radius 2 is 1.29 bits per heavy atom. The van der Waals surface area contributed by atoms with Crippen LogP contribution < -0.4 is 5.32 Å². The van der Waals surface area contributed by atoms with E-state index in [1.165, 1.54) is 38.5 Å². The van der Waals surface area contributed by atoms with E-state index in [4.69, 9.17) is 4.99 Å². The van der Waals surface area contributed by atoms with Crippen molar-refractivity contribution >= 4 is 38.7 Å². The highest BCUT2D eigenvalue weighted by Gasteiger charge is 2.15. The van der Waals surface area contributed by atoms with Gasteiger partial charge in [-0.1, -0.05) is 140 Å². The highest BCUT2D eigenvalue weighted by Crippen LogP contribution is 2.36. The highest BCUT2D eigenvalue weighted by molar-refractivity contribution is 6.14. The van der Waals surface area contributed by atoms with Crippen LogP contribution in [0.25, 0.3) is 60.9 Å². The first kappa shape index (κ1) is 35.8. The molecule has 2 heterocycles. The molecule has 0 unspecified atom stereocenters. The quantitative estimate of drug-likeness (QED) is 0.105. The second-order valence-electron chi connectivity index (χ2n) is 13.8. The molecule has 1 aliphatic heterocycles. The van der Waals surface area contributed by atoms with E-state index < -0.39 is 0 Å². The van der Waals surface area contributed by atoms with Crippen LogP contribution in [0.1, 0.15) is 23.6 Å². The standard InChI is InChI=1S/C53H43N3/c1-3-4-5-6-7-16-31-55-51(34-39(2)40-23-25-42(26-24-40)41-17-10-8-11-18-41)47-36-45(43-29-32-54-33-30-43)35-46(37-47)44-27-28-53-50(38-44)49-21-14-15-22-52(49)56(53)48-19-12-9-13-20-48/h3-32,34-38,54H,1,33H2,2H3/b5-4+,7-6-,31-16-,39-34+,55-51+. The molecular formula is C53H43N3. The fourth-order valence-corrected chi connectivity index (χ4v) is 7.27. The number of hydrogen-bond donors (Lipinski definition) is 1. The smallest absolute Gasteiger partial charge is 0.0705 e. The number of rotatable bonds is 11. The Kier molecular flexibility index (Phi) is 10.8. The Morgan fingerprint density at radius 3 is 2.07 bits per heavy atom. The number of para-hydroxylation sites is 2. The Morgan fingerprint density at radius 1 is 0.607 bits per heavy atom. The summed E-state index contributed by atoms with van der Waals surface area (Å²) in [7, 11) is 0. The average molecular weight is 722 g/mol. The highest BCUT2D eigenvalue weighted by atomic mass is 15.0. The summed E-state index contributed by atoms with van der Waals surface area (Å²) in [5.74, 6) is 0. The first-order chi connectivity index (χ1) is 27.7. The van der Waals surface area contributed by atoms with Crippen molar-refractivity contribution in [2.75, 3.05) is 6.54 Å². The molecule has 3 nitrogen and oxygen atoms in total. The molecule has 1 N–H and O–H groups in total. The molecule has 0 spiro atoms. The van der Waals surface area contributed by atoms with E-state index in [0.29, 0.717) is 0 Å². The first-order valence-electron chi connectivity index (χ1n) is 19.0. The van der Waals surface area contributed by atoms with Gasteiger partial charge in [-0.25, -0.2) is 0 Å². The molecule has 1 aliphatic rings. The fourth-order valence-electron chi connectivity index (χ4n) is 7.27. The summed E-state index contributed by atoms with van der Waals surface area (Å²) in [6.45, 7) is 6.70. The van der Waals surface area contributed by atoms with E-state index >= 15 is 0 Å². The summed E-state index contributed by atoms with van der Waals surface area (Å²) in [5, 5.41) is 5.77. The van der Waals surface area contributed by atoms with E-state index in [1.54, 1.807) is 6.08 Å². The van der Waals surface area contributed by atoms with Crippen molar-refractivity contribution in [3.63, 3.8) is 0 Å². The van der Waals surface area contributed by atoms with Crippen molar-refractivity contribution in [2.45, 2.75) is 6.92 Å². The molecule has 1 aromatic heterocycles. The molecule has 0 radical (unpaired) electrons. The molecule has 0 amide bonds. The van der Waals surface area contributed by atoms with E-state index in [2.05, 4.69) is 187 Å². The van der Waals surface area contributed by atoms with Gasteiger partial charge < -0.3 is 9.88 Å². The van der Waals surface area contributed by atoms with E-state index in [-0.39, 0.29) is 0 Å². The zero-order chi connectivity index (χ0) is 38.1. The Balaban J connectivity index is 1.26. The van der Waals surface area contributed by atoms with Crippen LogP contribution in [0.15, 0.2) is 224 Å². The van der Waals surface area contributed by atoms with Crippen LogP contribution in [0.3, 0.4) is 0 Å². The molecule has 270 valence electrons. The number of aromatic nitrogens is 1. The van der Waals surface area contributed by atoms with Crippen LogP contribution >= 0.6 is 0 Å². The van der Waals surface area contributed by atoms with Crippen molar-refractivity contribution in [3.05, 3.63) is 236 Å².